The Morgan fingerprint density at radius 3 is 2.37 bits per heavy atom. The molecule has 3 atom stereocenters. The molecule has 1 aliphatic heterocycles. The van der Waals surface area contributed by atoms with Crippen LogP contribution in [-0.2, 0) is 11.2 Å². The first-order valence-electron chi connectivity index (χ1n) is 11.7. The Balaban J connectivity index is 0.000000672. The lowest BCUT2D eigenvalue weighted by Gasteiger charge is -2.40. The van der Waals surface area contributed by atoms with E-state index < -0.39 is 11.2 Å². The standard InChI is InChI=1S/C25H23N3O3.C3H9N/c1-27-21-14-20-22(23(28-21)30-2)24(29)13-12-19(17-6-4-3-5-7-17)25(24,31-20)18-10-8-16(15-26)9-11-18;1-4(2)3/h3-11,14,19,29H,12-13H2,1-2H3,(H,27,28);1-3H3. The van der Waals surface area contributed by atoms with E-state index >= 15 is 0 Å². The minimum atomic E-state index is -1.33. The van der Waals surface area contributed by atoms with Crippen molar-refractivity contribution in [1.82, 2.24) is 9.88 Å². The highest BCUT2D eigenvalue weighted by Crippen LogP contribution is 2.68. The summed E-state index contributed by atoms with van der Waals surface area (Å²) in [7, 11) is 9.33. The van der Waals surface area contributed by atoms with Crippen LogP contribution in [0.4, 0.5) is 5.82 Å². The Labute approximate surface area is 206 Å². The minimum Gasteiger partial charge on any atom is -0.481 e. The molecule has 1 fully saturated rings. The van der Waals surface area contributed by atoms with Crippen LogP contribution in [0.2, 0.25) is 0 Å². The third-order valence-electron chi connectivity index (χ3n) is 6.63. The Morgan fingerprint density at radius 2 is 1.80 bits per heavy atom. The zero-order valence-corrected chi connectivity index (χ0v) is 20.9. The molecule has 7 nitrogen and oxygen atoms in total. The predicted molar refractivity (Wildman–Crippen MR) is 136 cm³/mol. The van der Waals surface area contributed by atoms with Crippen LogP contribution in [0, 0.1) is 11.3 Å². The molecule has 0 saturated heterocycles. The minimum absolute atomic E-state index is 0.0956. The number of aliphatic hydroxyl groups is 1. The number of fused-ring (bicyclic) bond motifs is 3. The van der Waals surface area contributed by atoms with Gasteiger partial charge < -0.3 is 24.8 Å². The molecular formula is C28H32N4O3. The molecule has 1 aliphatic carbocycles. The van der Waals surface area contributed by atoms with Crippen LogP contribution < -0.4 is 14.8 Å². The number of nitrogens with zero attached hydrogens (tertiary/aromatic N) is 3. The maximum Gasteiger partial charge on any atom is 0.225 e. The monoisotopic (exact) mass is 472 g/mol. The number of aromatic nitrogens is 1. The average molecular weight is 473 g/mol. The fourth-order valence-corrected chi connectivity index (χ4v) is 5.28. The molecule has 0 amide bonds. The van der Waals surface area contributed by atoms with Crippen molar-refractivity contribution >= 4 is 5.82 Å². The van der Waals surface area contributed by atoms with Gasteiger partial charge in [-0.2, -0.15) is 10.2 Å². The van der Waals surface area contributed by atoms with E-state index in [0.717, 1.165) is 17.5 Å². The fraction of sp³-hybridized carbons (Fsp3) is 0.357. The van der Waals surface area contributed by atoms with Gasteiger partial charge in [-0.05, 0) is 57.2 Å². The summed E-state index contributed by atoms with van der Waals surface area (Å²) < 4.78 is 12.3. The lowest BCUT2D eigenvalue weighted by Crippen LogP contribution is -2.48. The predicted octanol–water partition coefficient (Wildman–Crippen LogP) is 4.23. The number of pyridine rings is 1. The summed E-state index contributed by atoms with van der Waals surface area (Å²) in [6.07, 6.45) is 1.23. The molecule has 3 unspecified atom stereocenters. The van der Waals surface area contributed by atoms with Gasteiger partial charge >= 0.3 is 0 Å². The first-order chi connectivity index (χ1) is 16.8. The van der Waals surface area contributed by atoms with Gasteiger partial charge in [0, 0.05) is 19.0 Å². The van der Waals surface area contributed by atoms with Crippen LogP contribution in [0.15, 0.2) is 60.7 Å². The van der Waals surface area contributed by atoms with E-state index in [0.29, 0.717) is 35.0 Å². The molecule has 182 valence electrons. The SMILES string of the molecule is CN(C)C.CNc1cc2c(c(OC)n1)C1(O)CCC(c3ccccc3)C1(c1ccc(C#N)cc1)O2. The summed E-state index contributed by atoms with van der Waals surface area (Å²) in [4.78, 5) is 6.52. The number of hydrogen-bond donors (Lipinski definition) is 2. The van der Waals surface area contributed by atoms with Gasteiger partial charge in [0.1, 0.15) is 17.2 Å². The highest BCUT2D eigenvalue weighted by atomic mass is 16.5. The van der Waals surface area contributed by atoms with Crippen LogP contribution in [-0.4, -0.2) is 50.3 Å². The number of nitriles is 1. The highest BCUT2D eigenvalue weighted by molar-refractivity contribution is 5.61. The van der Waals surface area contributed by atoms with Crippen molar-refractivity contribution in [2.45, 2.75) is 30.0 Å². The van der Waals surface area contributed by atoms with E-state index in [-0.39, 0.29) is 5.92 Å². The lowest BCUT2D eigenvalue weighted by molar-refractivity contribution is -0.106. The van der Waals surface area contributed by atoms with Crippen molar-refractivity contribution < 1.29 is 14.6 Å². The Bertz CT molecular complexity index is 1220. The molecule has 0 spiro atoms. The zero-order chi connectivity index (χ0) is 25.2. The van der Waals surface area contributed by atoms with E-state index in [1.54, 1.807) is 26.3 Å². The lowest BCUT2D eigenvalue weighted by atomic mass is 9.72. The molecular weight excluding hydrogens is 440 g/mol. The fourth-order valence-electron chi connectivity index (χ4n) is 5.28. The van der Waals surface area contributed by atoms with Gasteiger partial charge in [-0.15, -0.1) is 0 Å². The molecule has 3 aromatic rings. The Kier molecular flexibility index (Phi) is 6.70. The van der Waals surface area contributed by atoms with Gasteiger partial charge in [0.2, 0.25) is 5.88 Å². The molecule has 2 heterocycles. The largest absolute Gasteiger partial charge is 0.481 e. The van der Waals surface area contributed by atoms with Crippen LogP contribution in [0.3, 0.4) is 0 Å². The molecule has 5 rings (SSSR count). The van der Waals surface area contributed by atoms with Crippen molar-refractivity contribution in [2.24, 2.45) is 0 Å². The van der Waals surface area contributed by atoms with E-state index in [1.807, 2.05) is 62.4 Å². The highest BCUT2D eigenvalue weighted by Gasteiger charge is 2.69. The van der Waals surface area contributed by atoms with Gasteiger partial charge in [0.15, 0.2) is 5.60 Å². The Hall–Kier alpha value is -3.60. The Morgan fingerprint density at radius 1 is 1.14 bits per heavy atom. The molecule has 35 heavy (non-hydrogen) atoms. The normalized spacial score (nSPS) is 23.9. The van der Waals surface area contributed by atoms with Crippen molar-refractivity contribution in [1.29, 1.82) is 5.26 Å². The number of hydrogen-bond acceptors (Lipinski definition) is 7. The smallest absolute Gasteiger partial charge is 0.225 e. The number of rotatable bonds is 4. The second-order valence-corrected chi connectivity index (χ2v) is 9.37. The number of nitrogens with one attached hydrogen (secondary N) is 1. The molecule has 1 aromatic heterocycles. The van der Waals surface area contributed by atoms with E-state index in [2.05, 4.69) is 28.5 Å². The summed E-state index contributed by atoms with van der Waals surface area (Å²) in [6, 6.07) is 21.4. The van der Waals surface area contributed by atoms with Crippen molar-refractivity contribution in [3.8, 4) is 17.7 Å². The number of methoxy groups -OCH3 is 1. The molecule has 1 saturated carbocycles. The third-order valence-corrected chi connectivity index (χ3v) is 6.63. The van der Waals surface area contributed by atoms with Crippen LogP contribution in [0.1, 0.15) is 41.0 Å². The van der Waals surface area contributed by atoms with Crippen LogP contribution >= 0.6 is 0 Å². The first kappa shape index (κ1) is 24.5. The third kappa shape index (κ3) is 3.99. The molecule has 2 aliphatic rings. The van der Waals surface area contributed by atoms with E-state index in [9.17, 15) is 10.4 Å². The van der Waals surface area contributed by atoms with Gasteiger partial charge in [0.25, 0.3) is 0 Å². The maximum absolute atomic E-state index is 12.3. The second kappa shape index (κ2) is 9.57. The molecule has 2 aromatic carbocycles. The van der Waals surface area contributed by atoms with Crippen molar-refractivity contribution in [2.75, 3.05) is 40.6 Å². The zero-order valence-electron chi connectivity index (χ0n) is 20.9. The average Bonchev–Trinajstić information content (AvgIpc) is 3.30. The van der Waals surface area contributed by atoms with Gasteiger partial charge in [-0.1, -0.05) is 42.5 Å². The maximum atomic E-state index is 12.3. The van der Waals surface area contributed by atoms with Gasteiger partial charge in [-0.25, -0.2) is 0 Å². The molecule has 0 radical (unpaired) electrons. The van der Waals surface area contributed by atoms with Crippen molar-refractivity contribution in [3.05, 3.63) is 82.9 Å². The quantitative estimate of drug-likeness (QED) is 0.587. The van der Waals surface area contributed by atoms with Crippen LogP contribution in [0.25, 0.3) is 0 Å². The number of benzene rings is 2. The van der Waals surface area contributed by atoms with Crippen molar-refractivity contribution in [3.63, 3.8) is 0 Å². The second-order valence-electron chi connectivity index (χ2n) is 9.37. The summed E-state index contributed by atoms with van der Waals surface area (Å²) >= 11 is 0. The molecule has 7 heteroatoms. The summed E-state index contributed by atoms with van der Waals surface area (Å²) in [5.74, 6) is 1.42. The van der Waals surface area contributed by atoms with Gasteiger partial charge in [0.05, 0.1) is 24.3 Å². The van der Waals surface area contributed by atoms with E-state index in [1.165, 1.54) is 0 Å². The summed E-state index contributed by atoms with van der Waals surface area (Å²) in [5.41, 5.74) is 0.663. The number of ether oxygens (including phenoxy) is 2. The summed E-state index contributed by atoms with van der Waals surface area (Å²) in [6.45, 7) is 0. The number of anilines is 1. The first-order valence-corrected chi connectivity index (χ1v) is 11.7. The van der Waals surface area contributed by atoms with E-state index in [4.69, 9.17) is 9.47 Å². The topological polar surface area (TPSA) is 90.6 Å². The van der Waals surface area contributed by atoms with Gasteiger partial charge in [-0.3, -0.25) is 0 Å². The molecule has 0 bridgehead atoms. The summed E-state index contributed by atoms with van der Waals surface area (Å²) in [5, 5.41) is 24.6. The molecule has 2 N–H and O–H groups in total. The van der Waals surface area contributed by atoms with Crippen LogP contribution in [0.5, 0.6) is 11.6 Å².